The molecule has 4 heteroatoms. The van der Waals surface area contributed by atoms with Gasteiger partial charge in [0, 0.05) is 11.8 Å². The Morgan fingerprint density at radius 2 is 1.76 bits per heavy atom. The molecule has 2 rings (SSSR count). The largest absolute Gasteiger partial charge is 0.497 e. The molecular formula is C13H12N2O2. The van der Waals surface area contributed by atoms with Gasteiger partial charge in [0.25, 0.3) is 5.91 Å². The fourth-order valence-electron chi connectivity index (χ4n) is 1.49. The van der Waals surface area contributed by atoms with E-state index in [4.69, 9.17) is 10.5 Å². The number of carbonyl (C=O) groups excluding carboxylic acids is 1. The van der Waals surface area contributed by atoms with Crippen LogP contribution in [0.2, 0.25) is 0 Å². The van der Waals surface area contributed by atoms with Crippen LogP contribution in [-0.4, -0.2) is 18.0 Å². The number of hydrogen-bond donors (Lipinski definition) is 1. The molecule has 1 heterocycles. The number of pyridine rings is 1. The molecule has 0 saturated heterocycles. The highest BCUT2D eigenvalue weighted by molar-refractivity contribution is 5.91. The summed E-state index contributed by atoms with van der Waals surface area (Å²) in [6.45, 7) is 0. The predicted molar refractivity (Wildman–Crippen MR) is 64.7 cm³/mol. The van der Waals surface area contributed by atoms with Crippen LogP contribution in [0.25, 0.3) is 11.1 Å². The Morgan fingerprint density at radius 1 is 1.12 bits per heavy atom. The van der Waals surface area contributed by atoms with Crippen molar-refractivity contribution in [2.75, 3.05) is 7.11 Å². The highest BCUT2D eigenvalue weighted by atomic mass is 16.5. The summed E-state index contributed by atoms with van der Waals surface area (Å²) in [4.78, 5) is 14.9. The second-order valence-electron chi connectivity index (χ2n) is 3.52. The maximum Gasteiger partial charge on any atom is 0.267 e. The average Bonchev–Trinajstić information content (AvgIpc) is 2.39. The second kappa shape index (κ2) is 4.65. The van der Waals surface area contributed by atoms with E-state index >= 15 is 0 Å². The zero-order valence-electron chi connectivity index (χ0n) is 9.38. The van der Waals surface area contributed by atoms with Crippen LogP contribution in [-0.2, 0) is 0 Å². The average molecular weight is 228 g/mol. The van der Waals surface area contributed by atoms with Crippen molar-refractivity contribution < 1.29 is 9.53 Å². The lowest BCUT2D eigenvalue weighted by Crippen LogP contribution is -2.12. The second-order valence-corrected chi connectivity index (χ2v) is 3.52. The van der Waals surface area contributed by atoms with E-state index in [0.717, 1.165) is 16.9 Å². The number of primary amides is 1. The highest BCUT2D eigenvalue weighted by Gasteiger charge is 2.03. The van der Waals surface area contributed by atoms with Crippen molar-refractivity contribution in [3.63, 3.8) is 0 Å². The minimum Gasteiger partial charge on any atom is -0.497 e. The van der Waals surface area contributed by atoms with E-state index in [2.05, 4.69) is 4.98 Å². The summed E-state index contributed by atoms with van der Waals surface area (Å²) in [7, 11) is 1.62. The first kappa shape index (κ1) is 11.1. The van der Waals surface area contributed by atoms with Crippen molar-refractivity contribution in [2.24, 2.45) is 5.73 Å². The van der Waals surface area contributed by atoms with Crippen LogP contribution >= 0.6 is 0 Å². The summed E-state index contributed by atoms with van der Waals surface area (Å²) < 4.78 is 5.08. The lowest BCUT2D eigenvalue weighted by atomic mass is 10.1. The van der Waals surface area contributed by atoms with E-state index in [1.807, 2.05) is 30.3 Å². The number of methoxy groups -OCH3 is 1. The number of ether oxygens (including phenoxy) is 1. The topological polar surface area (TPSA) is 65.2 Å². The molecule has 0 aliphatic heterocycles. The number of carbonyl (C=O) groups is 1. The molecule has 1 amide bonds. The Morgan fingerprint density at radius 3 is 2.24 bits per heavy atom. The molecule has 0 radical (unpaired) electrons. The highest BCUT2D eigenvalue weighted by Crippen LogP contribution is 2.21. The predicted octanol–water partition coefficient (Wildman–Crippen LogP) is 1.86. The van der Waals surface area contributed by atoms with Crippen LogP contribution in [0.4, 0.5) is 0 Å². The number of hydrogen-bond acceptors (Lipinski definition) is 3. The van der Waals surface area contributed by atoms with Gasteiger partial charge in [0.1, 0.15) is 11.4 Å². The molecule has 0 aliphatic rings. The van der Waals surface area contributed by atoms with Crippen LogP contribution in [0.5, 0.6) is 5.75 Å². The molecule has 0 atom stereocenters. The number of aromatic nitrogens is 1. The molecule has 0 aliphatic carbocycles. The molecule has 0 saturated carbocycles. The van der Waals surface area contributed by atoms with Gasteiger partial charge in [-0.15, -0.1) is 0 Å². The van der Waals surface area contributed by atoms with E-state index in [0.29, 0.717) is 0 Å². The molecule has 2 aromatic rings. The number of rotatable bonds is 3. The first-order valence-corrected chi connectivity index (χ1v) is 5.11. The molecule has 1 aromatic heterocycles. The van der Waals surface area contributed by atoms with Crippen molar-refractivity contribution in [2.45, 2.75) is 0 Å². The van der Waals surface area contributed by atoms with Crippen LogP contribution in [0, 0.1) is 0 Å². The monoisotopic (exact) mass is 228 g/mol. The fourth-order valence-corrected chi connectivity index (χ4v) is 1.49. The molecule has 17 heavy (non-hydrogen) atoms. The first-order chi connectivity index (χ1) is 8.20. The van der Waals surface area contributed by atoms with E-state index in [9.17, 15) is 4.79 Å². The standard InChI is InChI=1S/C13H12N2O2/c1-17-11-5-2-9(3-6-11)10-4-7-12(13(14)16)15-8-10/h2-8H,1H3,(H2,14,16). The third kappa shape index (κ3) is 2.42. The van der Waals surface area contributed by atoms with Gasteiger partial charge < -0.3 is 10.5 Å². The number of nitrogens with zero attached hydrogens (tertiary/aromatic N) is 1. The van der Waals surface area contributed by atoms with Crippen molar-refractivity contribution in [3.8, 4) is 16.9 Å². The van der Waals surface area contributed by atoms with Crippen molar-refractivity contribution in [1.29, 1.82) is 0 Å². The lowest BCUT2D eigenvalue weighted by Gasteiger charge is -2.03. The number of nitrogens with two attached hydrogens (primary N) is 1. The van der Waals surface area contributed by atoms with Gasteiger partial charge in [0.05, 0.1) is 7.11 Å². The zero-order chi connectivity index (χ0) is 12.3. The van der Waals surface area contributed by atoms with Gasteiger partial charge in [0.2, 0.25) is 0 Å². The Hall–Kier alpha value is -2.36. The Kier molecular flexibility index (Phi) is 3.05. The van der Waals surface area contributed by atoms with Crippen molar-refractivity contribution in [3.05, 3.63) is 48.3 Å². The molecule has 4 nitrogen and oxygen atoms in total. The molecule has 0 unspecified atom stereocenters. The molecule has 1 aromatic carbocycles. The lowest BCUT2D eigenvalue weighted by molar-refractivity contribution is 0.0995. The maximum atomic E-state index is 10.9. The van der Waals surface area contributed by atoms with E-state index in [1.54, 1.807) is 19.4 Å². The summed E-state index contributed by atoms with van der Waals surface area (Å²) in [5.74, 6) is 0.279. The first-order valence-electron chi connectivity index (χ1n) is 5.11. The van der Waals surface area contributed by atoms with Gasteiger partial charge in [-0.1, -0.05) is 18.2 Å². The van der Waals surface area contributed by atoms with Gasteiger partial charge in [0.15, 0.2) is 0 Å². The molecule has 2 N–H and O–H groups in total. The molecule has 0 bridgehead atoms. The molecule has 0 spiro atoms. The summed E-state index contributed by atoms with van der Waals surface area (Å²) in [5.41, 5.74) is 7.33. The fraction of sp³-hybridized carbons (Fsp3) is 0.0769. The van der Waals surface area contributed by atoms with Crippen LogP contribution in [0.15, 0.2) is 42.6 Å². The van der Waals surface area contributed by atoms with Gasteiger partial charge in [-0.2, -0.15) is 0 Å². The Labute approximate surface area is 99.1 Å². The third-order valence-corrected chi connectivity index (χ3v) is 2.44. The summed E-state index contributed by atoms with van der Waals surface area (Å²) in [6.07, 6.45) is 1.63. The van der Waals surface area contributed by atoms with E-state index in [1.165, 1.54) is 0 Å². The van der Waals surface area contributed by atoms with Gasteiger partial charge in [-0.05, 0) is 23.8 Å². The smallest absolute Gasteiger partial charge is 0.267 e. The third-order valence-electron chi connectivity index (χ3n) is 2.44. The van der Waals surface area contributed by atoms with Crippen molar-refractivity contribution >= 4 is 5.91 Å². The van der Waals surface area contributed by atoms with Crippen LogP contribution in [0.1, 0.15) is 10.5 Å². The number of amides is 1. The van der Waals surface area contributed by atoms with Crippen molar-refractivity contribution in [1.82, 2.24) is 4.98 Å². The van der Waals surface area contributed by atoms with Gasteiger partial charge in [-0.3, -0.25) is 9.78 Å². The normalized spacial score (nSPS) is 9.94. The molecule has 86 valence electrons. The summed E-state index contributed by atoms with van der Waals surface area (Å²) in [6, 6.07) is 11.0. The van der Waals surface area contributed by atoms with E-state index in [-0.39, 0.29) is 5.69 Å². The minimum atomic E-state index is -0.522. The maximum absolute atomic E-state index is 10.9. The Balaban J connectivity index is 2.29. The molecule has 0 fully saturated rings. The Bertz CT molecular complexity index is 518. The van der Waals surface area contributed by atoms with Crippen LogP contribution < -0.4 is 10.5 Å². The quantitative estimate of drug-likeness (QED) is 0.871. The molecular weight excluding hydrogens is 216 g/mol. The van der Waals surface area contributed by atoms with Gasteiger partial charge in [-0.25, -0.2) is 0 Å². The van der Waals surface area contributed by atoms with Crippen LogP contribution in [0.3, 0.4) is 0 Å². The summed E-state index contributed by atoms with van der Waals surface area (Å²) in [5, 5.41) is 0. The van der Waals surface area contributed by atoms with Gasteiger partial charge >= 0.3 is 0 Å². The number of benzene rings is 1. The summed E-state index contributed by atoms with van der Waals surface area (Å²) >= 11 is 0. The van der Waals surface area contributed by atoms with E-state index < -0.39 is 5.91 Å². The SMILES string of the molecule is COc1ccc(-c2ccc(C(N)=O)nc2)cc1. The zero-order valence-corrected chi connectivity index (χ0v) is 9.38. The minimum absolute atomic E-state index is 0.266.